The van der Waals surface area contributed by atoms with Crippen LogP contribution in [0.25, 0.3) is 0 Å². The van der Waals surface area contributed by atoms with Crippen LogP contribution in [-0.4, -0.2) is 63.2 Å². The molecule has 1 aliphatic rings. The minimum absolute atomic E-state index is 0.0272. The average Bonchev–Trinajstić information content (AvgIpc) is 3.49. The highest BCUT2D eigenvalue weighted by Crippen LogP contribution is 2.34. The maximum absolute atomic E-state index is 13.3. The molecule has 0 fully saturated rings. The number of ether oxygens (including phenoxy) is 2. The zero-order chi connectivity index (χ0) is 26.7. The normalized spacial score (nSPS) is 12.9. The lowest BCUT2D eigenvalue weighted by atomic mass is 9.85. The molecular weight excluding hydrogens is 474 g/mol. The molecule has 2 aromatic carbocycles. The summed E-state index contributed by atoms with van der Waals surface area (Å²) in [5, 5.41) is 25.0. The predicted octanol–water partition coefficient (Wildman–Crippen LogP) is 2.86. The topological polar surface area (TPSA) is 146 Å². The van der Waals surface area contributed by atoms with Crippen molar-refractivity contribution in [1.82, 2.24) is 30.8 Å². The van der Waals surface area contributed by atoms with Crippen molar-refractivity contribution in [2.75, 3.05) is 20.2 Å². The number of carbonyl (C=O) groups is 2. The molecule has 11 heteroatoms. The van der Waals surface area contributed by atoms with Crippen LogP contribution in [0.5, 0.6) is 11.5 Å². The van der Waals surface area contributed by atoms with Gasteiger partial charge in [-0.3, -0.25) is 15.0 Å². The molecule has 3 N–H and O–H groups in total. The van der Waals surface area contributed by atoms with E-state index in [0.717, 1.165) is 11.1 Å². The van der Waals surface area contributed by atoms with Gasteiger partial charge in [0.15, 0.2) is 12.4 Å². The summed E-state index contributed by atoms with van der Waals surface area (Å²) >= 11 is 0. The molecule has 0 spiro atoms. The van der Waals surface area contributed by atoms with Crippen LogP contribution in [0.1, 0.15) is 70.9 Å². The molecule has 3 aromatic rings. The van der Waals surface area contributed by atoms with Crippen LogP contribution >= 0.6 is 0 Å². The van der Waals surface area contributed by atoms with Gasteiger partial charge in [-0.05, 0) is 48.2 Å². The highest BCUT2D eigenvalue weighted by atomic mass is 16.5. The molecule has 11 nitrogen and oxygen atoms in total. The molecule has 1 aromatic heterocycles. The maximum atomic E-state index is 13.3. The van der Waals surface area contributed by atoms with E-state index in [4.69, 9.17) is 14.9 Å². The zero-order valence-electron chi connectivity index (χ0n) is 21.6. The number of H-pyrrole nitrogens is 1. The molecule has 0 atom stereocenters. The Morgan fingerprint density at radius 2 is 1.95 bits per heavy atom. The van der Waals surface area contributed by atoms with Gasteiger partial charge in [0.25, 0.3) is 5.91 Å². The Morgan fingerprint density at radius 1 is 1.16 bits per heavy atom. The van der Waals surface area contributed by atoms with Gasteiger partial charge in [0.1, 0.15) is 17.3 Å². The van der Waals surface area contributed by atoms with E-state index in [0.29, 0.717) is 47.2 Å². The summed E-state index contributed by atoms with van der Waals surface area (Å²) in [6, 6.07) is 8.81. The van der Waals surface area contributed by atoms with E-state index in [-0.39, 0.29) is 36.1 Å². The minimum atomic E-state index is -0.287. The second kappa shape index (κ2) is 10.4. The van der Waals surface area contributed by atoms with Crippen molar-refractivity contribution in [1.29, 1.82) is 5.41 Å². The summed E-state index contributed by atoms with van der Waals surface area (Å²) in [5.74, 6) is 1.33. The van der Waals surface area contributed by atoms with Gasteiger partial charge in [0.2, 0.25) is 5.82 Å². The van der Waals surface area contributed by atoms with Gasteiger partial charge >= 0.3 is 0 Å². The lowest BCUT2D eigenvalue weighted by Crippen LogP contribution is -2.30. The van der Waals surface area contributed by atoms with Crippen LogP contribution in [0.2, 0.25) is 0 Å². The Bertz CT molecular complexity index is 1330. The fraction of sp³-hybridized carbons (Fsp3) is 0.385. The summed E-state index contributed by atoms with van der Waals surface area (Å²) in [6.07, 6.45) is 0. The third kappa shape index (κ3) is 5.45. The number of rotatable bonds is 9. The molecule has 0 bridgehead atoms. The fourth-order valence-electron chi connectivity index (χ4n) is 4.22. The number of carbonyl (C=O) groups excluding carboxylic acids is 2. The number of benzene rings is 2. The first kappa shape index (κ1) is 25.8. The van der Waals surface area contributed by atoms with Crippen molar-refractivity contribution < 1.29 is 19.1 Å². The maximum Gasteiger partial charge on any atom is 0.254 e. The minimum Gasteiger partial charge on any atom is -0.493 e. The van der Waals surface area contributed by atoms with Gasteiger partial charge in [0.05, 0.1) is 18.7 Å². The Balaban J connectivity index is 1.54. The van der Waals surface area contributed by atoms with E-state index in [1.165, 1.54) is 0 Å². The summed E-state index contributed by atoms with van der Waals surface area (Å²) in [6.45, 7) is 8.96. The van der Waals surface area contributed by atoms with Gasteiger partial charge in [0, 0.05) is 30.3 Å². The molecule has 0 unspecified atom stereocenters. The number of aromatic amines is 1. The molecule has 194 valence electrons. The van der Waals surface area contributed by atoms with Crippen molar-refractivity contribution in [3.8, 4) is 11.5 Å². The highest BCUT2D eigenvalue weighted by molar-refractivity contribution is 6.07. The van der Waals surface area contributed by atoms with Gasteiger partial charge in [-0.25, -0.2) is 0 Å². The van der Waals surface area contributed by atoms with Crippen molar-refractivity contribution >= 4 is 17.5 Å². The molecule has 0 saturated carbocycles. The number of hydrogen-bond donors (Lipinski definition) is 3. The van der Waals surface area contributed by atoms with E-state index >= 15 is 0 Å². The molecule has 1 aliphatic heterocycles. The number of tetrazole rings is 1. The molecule has 0 radical (unpaired) electrons. The number of hydrogen-bond acceptors (Lipinski definition) is 8. The summed E-state index contributed by atoms with van der Waals surface area (Å²) < 4.78 is 11.6. The molecular formula is C26H31N7O4. The highest BCUT2D eigenvalue weighted by Gasteiger charge is 2.30. The second-order valence-corrected chi connectivity index (χ2v) is 9.72. The Kier molecular flexibility index (Phi) is 7.23. The number of Topliss-reactive ketones (excluding diaryl/α,β-unsaturated/α-hetero) is 1. The zero-order valence-corrected chi connectivity index (χ0v) is 21.6. The lowest BCUT2D eigenvalue weighted by molar-refractivity contribution is 0.0953. The van der Waals surface area contributed by atoms with E-state index < -0.39 is 0 Å². The van der Waals surface area contributed by atoms with Crippen molar-refractivity contribution in [2.45, 2.75) is 46.3 Å². The number of nitrogens with zero attached hydrogens (tertiary/aromatic N) is 4. The molecule has 37 heavy (non-hydrogen) atoms. The predicted molar refractivity (Wildman–Crippen MR) is 136 cm³/mol. The van der Waals surface area contributed by atoms with Gasteiger partial charge in [-0.2, -0.15) is 5.21 Å². The molecule has 0 saturated heterocycles. The van der Waals surface area contributed by atoms with Gasteiger partial charge < -0.3 is 19.7 Å². The Hall–Kier alpha value is -4.28. The SMILES string of the molecule is CCOc1cc2c(cc1C(=O)NC)C(=N)N(CC(=O)c1ccc(OCc3nn[nH]n3)c(C(C)(C)C)c1)C2. The Morgan fingerprint density at radius 3 is 2.59 bits per heavy atom. The van der Waals surface area contributed by atoms with E-state index in [2.05, 4.69) is 25.9 Å². The molecule has 2 heterocycles. The van der Waals surface area contributed by atoms with Crippen LogP contribution in [-0.2, 0) is 18.6 Å². The van der Waals surface area contributed by atoms with Crippen LogP contribution in [0.3, 0.4) is 0 Å². The molecule has 4 rings (SSSR count). The largest absolute Gasteiger partial charge is 0.493 e. The van der Waals surface area contributed by atoms with Crippen LogP contribution in [0.4, 0.5) is 0 Å². The quantitative estimate of drug-likeness (QED) is 0.376. The first-order valence-electron chi connectivity index (χ1n) is 12.0. The molecule has 1 amide bonds. The number of nitrogens with one attached hydrogen (secondary N) is 3. The summed E-state index contributed by atoms with van der Waals surface area (Å²) in [4.78, 5) is 27.4. The van der Waals surface area contributed by atoms with Gasteiger partial charge in [-0.15, -0.1) is 10.2 Å². The third-order valence-corrected chi connectivity index (χ3v) is 6.10. The first-order chi connectivity index (χ1) is 17.6. The van der Waals surface area contributed by atoms with Crippen LogP contribution < -0.4 is 14.8 Å². The number of aromatic nitrogens is 4. The summed E-state index contributed by atoms with van der Waals surface area (Å²) in [7, 11) is 1.55. The molecule has 0 aliphatic carbocycles. The van der Waals surface area contributed by atoms with E-state index in [1.807, 2.05) is 33.8 Å². The monoisotopic (exact) mass is 505 g/mol. The number of amidine groups is 1. The first-order valence-corrected chi connectivity index (χ1v) is 12.0. The number of amides is 1. The van der Waals surface area contributed by atoms with Crippen LogP contribution in [0.15, 0.2) is 30.3 Å². The fourth-order valence-corrected chi connectivity index (χ4v) is 4.22. The number of fused-ring (bicyclic) bond motifs is 1. The third-order valence-electron chi connectivity index (χ3n) is 6.10. The van der Waals surface area contributed by atoms with Crippen molar-refractivity contribution in [2.24, 2.45) is 0 Å². The average molecular weight is 506 g/mol. The van der Waals surface area contributed by atoms with Crippen molar-refractivity contribution in [3.05, 3.63) is 64.0 Å². The Labute approximate surface area is 215 Å². The van der Waals surface area contributed by atoms with E-state index in [1.54, 1.807) is 36.2 Å². The van der Waals surface area contributed by atoms with Crippen LogP contribution in [0, 0.1) is 5.41 Å². The van der Waals surface area contributed by atoms with Crippen molar-refractivity contribution in [3.63, 3.8) is 0 Å². The standard InChI is InChI=1S/C26H31N7O4/c1-6-36-22-10-16-12-33(24(27)17(16)11-18(22)25(35)28-5)13-20(34)15-7-8-21(19(9-15)26(2,3)4)37-14-23-29-31-32-30-23/h7-11,27H,6,12-14H2,1-5H3,(H,28,35)(H,29,30,31,32). The second-order valence-electron chi connectivity index (χ2n) is 9.72. The summed E-state index contributed by atoms with van der Waals surface area (Å²) in [5.41, 5.74) is 2.95. The lowest BCUT2D eigenvalue weighted by Gasteiger charge is -2.24. The van der Waals surface area contributed by atoms with E-state index in [9.17, 15) is 9.59 Å². The smallest absolute Gasteiger partial charge is 0.254 e. The van der Waals surface area contributed by atoms with Gasteiger partial charge in [-0.1, -0.05) is 26.0 Å². The number of ketones is 1.